The van der Waals surface area contributed by atoms with Gasteiger partial charge in [0.2, 0.25) is 0 Å². The number of hydrogen-bond donors (Lipinski definition) is 1. The van der Waals surface area contributed by atoms with E-state index in [9.17, 15) is 5.11 Å². The molecule has 0 aromatic carbocycles. The number of furan rings is 1. The van der Waals surface area contributed by atoms with Crippen molar-refractivity contribution in [3.63, 3.8) is 0 Å². The highest BCUT2D eigenvalue weighted by Crippen LogP contribution is 2.37. The minimum atomic E-state index is -0.523. The molecule has 2 fully saturated rings. The fourth-order valence-corrected chi connectivity index (χ4v) is 2.98. The van der Waals surface area contributed by atoms with Crippen LogP contribution < -0.4 is 0 Å². The molecule has 2 saturated heterocycles. The lowest BCUT2D eigenvalue weighted by Crippen LogP contribution is -2.47. The van der Waals surface area contributed by atoms with Crippen LogP contribution >= 0.6 is 0 Å². The second kappa shape index (κ2) is 3.35. The van der Waals surface area contributed by atoms with Gasteiger partial charge in [-0.1, -0.05) is 0 Å². The van der Waals surface area contributed by atoms with Crippen LogP contribution in [0.3, 0.4) is 0 Å². The Kier molecular flexibility index (Phi) is 2.11. The highest BCUT2D eigenvalue weighted by atomic mass is 16.3. The van der Waals surface area contributed by atoms with Crippen molar-refractivity contribution in [2.75, 3.05) is 19.6 Å². The van der Waals surface area contributed by atoms with Gasteiger partial charge in [-0.2, -0.15) is 0 Å². The van der Waals surface area contributed by atoms with Gasteiger partial charge in [0, 0.05) is 25.4 Å². The zero-order chi connectivity index (χ0) is 10.3. The first-order valence-electron chi connectivity index (χ1n) is 5.73. The van der Waals surface area contributed by atoms with Crippen LogP contribution in [0.5, 0.6) is 0 Å². The molecule has 2 aliphatic heterocycles. The van der Waals surface area contributed by atoms with Crippen LogP contribution in [0, 0.1) is 5.92 Å². The molecular formula is C12H17NO2. The fourth-order valence-electron chi connectivity index (χ4n) is 2.98. The van der Waals surface area contributed by atoms with E-state index in [-0.39, 0.29) is 0 Å². The van der Waals surface area contributed by atoms with Crippen molar-refractivity contribution < 1.29 is 9.52 Å². The fraction of sp³-hybridized carbons (Fsp3) is 0.667. The third-order valence-corrected chi connectivity index (χ3v) is 3.95. The van der Waals surface area contributed by atoms with Crippen molar-refractivity contribution in [1.82, 2.24) is 4.90 Å². The quantitative estimate of drug-likeness (QED) is 0.793. The average molecular weight is 207 g/mol. The number of nitrogens with zero attached hydrogens (tertiary/aromatic N) is 1. The Morgan fingerprint density at radius 2 is 2.47 bits per heavy atom. The van der Waals surface area contributed by atoms with Crippen LogP contribution in [0.15, 0.2) is 22.8 Å². The van der Waals surface area contributed by atoms with E-state index in [1.165, 1.54) is 0 Å². The van der Waals surface area contributed by atoms with Crippen LogP contribution in [0.25, 0.3) is 0 Å². The zero-order valence-electron chi connectivity index (χ0n) is 8.85. The van der Waals surface area contributed by atoms with Crippen LogP contribution in [0.1, 0.15) is 18.6 Å². The second-order valence-electron chi connectivity index (χ2n) is 4.90. The van der Waals surface area contributed by atoms with E-state index in [0.717, 1.165) is 38.2 Å². The molecule has 0 aliphatic carbocycles. The predicted molar refractivity (Wildman–Crippen MR) is 56.5 cm³/mol. The topological polar surface area (TPSA) is 36.6 Å². The van der Waals surface area contributed by atoms with E-state index in [1.54, 1.807) is 6.26 Å². The molecular weight excluding hydrogens is 190 g/mol. The normalized spacial score (nSPS) is 39.5. The summed E-state index contributed by atoms with van der Waals surface area (Å²) < 4.78 is 5.33. The van der Waals surface area contributed by atoms with Crippen molar-refractivity contribution in [3.8, 4) is 0 Å². The summed E-state index contributed by atoms with van der Waals surface area (Å²) in [6.45, 7) is 3.26. The van der Waals surface area contributed by atoms with Crippen molar-refractivity contribution in [2.24, 2.45) is 5.92 Å². The van der Waals surface area contributed by atoms with Crippen molar-refractivity contribution >= 4 is 0 Å². The standard InChI is InChI=1S/C12H17NO2/c14-12(8-11-2-1-7-15-11)4-6-13-5-3-10(12)9-13/h1-2,7,10,14H,3-6,8-9H2. The molecule has 3 nitrogen and oxygen atoms in total. The van der Waals surface area contributed by atoms with Gasteiger partial charge in [-0.15, -0.1) is 0 Å². The molecule has 82 valence electrons. The zero-order valence-corrected chi connectivity index (χ0v) is 8.85. The largest absolute Gasteiger partial charge is 0.469 e. The maximum Gasteiger partial charge on any atom is 0.106 e. The smallest absolute Gasteiger partial charge is 0.106 e. The Hall–Kier alpha value is -0.800. The molecule has 3 heteroatoms. The molecule has 2 bridgehead atoms. The van der Waals surface area contributed by atoms with Gasteiger partial charge in [0.15, 0.2) is 0 Å². The number of rotatable bonds is 2. The summed E-state index contributed by atoms with van der Waals surface area (Å²) in [5, 5.41) is 10.6. The SMILES string of the molecule is OC1(Cc2ccco2)CCN2CCC1C2. The molecule has 1 N–H and O–H groups in total. The first-order chi connectivity index (χ1) is 7.26. The van der Waals surface area contributed by atoms with Crippen molar-refractivity contribution in [3.05, 3.63) is 24.2 Å². The molecule has 0 radical (unpaired) electrons. The Labute approximate surface area is 89.7 Å². The number of fused-ring (bicyclic) bond motifs is 2. The van der Waals surface area contributed by atoms with E-state index in [1.807, 2.05) is 12.1 Å². The first kappa shape index (κ1) is 9.43. The Morgan fingerprint density at radius 1 is 1.53 bits per heavy atom. The minimum absolute atomic E-state index is 0.441. The molecule has 3 heterocycles. The van der Waals surface area contributed by atoms with Crippen LogP contribution in [0.4, 0.5) is 0 Å². The summed E-state index contributed by atoms with van der Waals surface area (Å²) in [5.41, 5.74) is -0.523. The maximum absolute atomic E-state index is 10.6. The second-order valence-corrected chi connectivity index (χ2v) is 4.90. The summed E-state index contributed by atoms with van der Waals surface area (Å²) in [7, 11) is 0. The van der Waals surface area contributed by atoms with Crippen LogP contribution in [-0.4, -0.2) is 35.2 Å². The van der Waals surface area contributed by atoms with E-state index in [0.29, 0.717) is 12.3 Å². The summed E-state index contributed by atoms with van der Waals surface area (Å²) in [5.74, 6) is 1.36. The summed E-state index contributed by atoms with van der Waals surface area (Å²) in [6, 6.07) is 3.85. The molecule has 1 aromatic heterocycles. The molecule has 3 rings (SSSR count). The van der Waals surface area contributed by atoms with E-state index >= 15 is 0 Å². The molecule has 0 amide bonds. The highest BCUT2D eigenvalue weighted by molar-refractivity contribution is 5.07. The Morgan fingerprint density at radius 3 is 3.27 bits per heavy atom. The van der Waals surface area contributed by atoms with Gasteiger partial charge in [0.05, 0.1) is 11.9 Å². The van der Waals surface area contributed by atoms with Crippen molar-refractivity contribution in [2.45, 2.75) is 24.9 Å². The summed E-state index contributed by atoms with van der Waals surface area (Å²) in [4.78, 5) is 2.45. The molecule has 2 aliphatic rings. The highest BCUT2D eigenvalue weighted by Gasteiger charge is 2.45. The minimum Gasteiger partial charge on any atom is -0.469 e. The molecule has 3 unspecified atom stereocenters. The van der Waals surface area contributed by atoms with Gasteiger partial charge >= 0.3 is 0 Å². The lowest BCUT2D eigenvalue weighted by molar-refractivity contribution is -0.0471. The van der Waals surface area contributed by atoms with E-state index in [4.69, 9.17) is 4.42 Å². The molecule has 3 atom stereocenters. The third-order valence-electron chi connectivity index (χ3n) is 3.95. The van der Waals surface area contributed by atoms with Gasteiger partial charge < -0.3 is 14.4 Å². The van der Waals surface area contributed by atoms with Gasteiger partial charge in [-0.3, -0.25) is 0 Å². The third kappa shape index (κ3) is 1.60. The summed E-state index contributed by atoms with van der Waals surface area (Å²) >= 11 is 0. The first-order valence-corrected chi connectivity index (χ1v) is 5.73. The molecule has 15 heavy (non-hydrogen) atoms. The molecule has 0 saturated carbocycles. The van der Waals surface area contributed by atoms with Crippen LogP contribution in [-0.2, 0) is 6.42 Å². The number of piperidine rings is 1. The molecule has 1 aromatic rings. The predicted octanol–water partition coefficient (Wildman–Crippen LogP) is 1.28. The Balaban J connectivity index is 1.78. The monoisotopic (exact) mass is 207 g/mol. The summed E-state index contributed by atoms with van der Waals surface area (Å²) in [6.07, 6.45) is 4.39. The number of aliphatic hydroxyl groups is 1. The van der Waals surface area contributed by atoms with Crippen molar-refractivity contribution in [1.29, 1.82) is 0 Å². The Bertz CT molecular complexity index is 335. The van der Waals surface area contributed by atoms with Gasteiger partial charge in [-0.05, 0) is 31.5 Å². The van der Waals surface area contributed by atoms with Crippen LogP contribution in [0.2, 0.25) is 0 Å². The van der Waals surface area contributed by atoms with Gasteiger partial charge in [0.25, 0.3) is 0 Å². The molecule has 0 spiro atoms. The lowest BCUT2D eigenvalue weighted by Gasteiger charge is -2.38. The van der Waals surface area contributed by atoms with E-state index < -0.39 is 5.60 Å². The average Bonchev–Trinajstić information content (AvgIpc) is 2.82. The van der Waals surface area contributed by atoms with E-state index in [2.05, 4.69) is 4.90 Å². The van der Waals surface area contributed by atoms with Gasteiger partial charge in [0.1, 0.15) is 5.76 Å². The van der Waals surface area contributed by atoms with Gasteiger partial charge in [-0.25, -0.2) is 0 Å². The number of hydrogen-bond acceptors (Lipinski definition) is 3. The lowest BCUT2D eigenvalue weighted by atomic mass is 9.79. The maximum atomic E-state index is 10.6.